The van der Waals surface area contributed by atoms with Crippen LogP contribution in [-0.2, 0) is 0 Å². The first-order valence-electron chi connectivity index (χ1n) is 10.8. The van der Waals surface area contributed by atoms with Crippen molar-refractivity contribution in [3.8, 4) is 5.75 Å². The van der Waals surface area contributed by atoms with E-state index in [1.54, 1.807) is 0 Å². The molecule has 0 aromatic heterocycles. The Kier molecular flexibility index (Phi) is 6.03. The third kappa shape index (κ3) is 4.39. The van der Waals surface area contributed by atoms with Crippen LogP contribution in [-0.4, -0.2) is 6.61 Å². The van der Waals surface area contributed by atoms with Crippen LogP contribution in [0.25, 0.3) is 10.8 Å². The Morgan fingerprint density at radius 1 is 0.931 bits per heavy atom. The zero-order chi connectivity index (χ0) is 20.5. The van der Waals surface area contributed by atoms with Gasteiger partial charge in [-0.2, -0.15) is 8.78 Å². The smallest absolute Gasteiger partial charge is 0.387 e. The van der Waals surface area contributed by atoms with Gasteiger partial charge in [0.15, 0.2) is 11.6 Å². The van der Waals surface area contributed by atoms with Crippen LogP contribution in [0.1, 0.15) is 69.8 Å². The average molecular weight is 408 g/mol. The molecule has 2 aromatic rings. The van der Waals surface area contributed by atoms with E-state index in [1.807, 2.05) is 6.07 Å². The van der Waals surface area contributed by atoms with Crippen molar-refractivity contribution in [3.05, 3.63) is 41.5 Å². The normalized spacial score (nSPS) is 27.2. The van der Waals surface area contributed by atoms with E-state index < -0.39 is 24.0 Å². The lowest BCUT2D eigenvalue weighted by Crippen LogP contribution is -2.30. The molecule has 0 N–H and O–H groups in total. The standard InChI is InChI=1S/C24H28F4O/c1-2-3-14-4-5-16-9-17(7-6-15(16)8-14)18-10-19-12-22(26)23(29-24(27)28)13-20(19)21(25)11-18/h10-17,24H,2-9H2,1H3. The lowest BCUT2D eigenvalue weighted by atomic mass is 9.63. The maximum atomic E-state index is 14.8. The van der Waals surface area contributed by atoms with Gasteiger partial charge in [-0.25, -0.2) is 8.78 Å². The summed E-state index contributed by atoms with van der Waals surface area (Å²) in [5.74, 6) is 0.593. The van der Waals surface area contributed by atoms with Crippen molar-refractivity contribution < 1.29 is 22.3 Å². The number of hydrogen-bond donors (Lipinski definition) is 0. The number of fused-ring (bicyclic) bond motifs is 2. The topological polar surface area (TPSA) is 9.23 Å². The molecular weight excluding hydrogens is 380 g/mol. The van der Waals surface area contributed by atoms with Gasteiger partial charge in [0.25, 0.3) is 0 Å². The highest BCUT2D eigenvalue weighted by Gasteiger charge is 2.35. The van der Waals surface area contributed by atoms with E-state index in [1.165, 1.54) is 44.6 Å². The van der Waals surface area contributed by atoms with Gasteiger partial charge in [0, 0.05) is 5.39 Å². The lowest BCUT2D eigenvalue weighted by molar-refractivity contribution is -0.0520. The van der Waals surface area contributed by atoms with E-state index in [2.05, 4.69) is 11.7 Å². The first kappa shape index (κ1) is 20.5. The van der Waals surface area contributed by atoms with Gasteiger partial charge < -0.3 is 4.74 Å². The van der Waals surface area contributed by atoms with Gasteiger partial charge in [0.05, 0.1) is 0 Å². The Balaban J connectivity index is 1.54. The zero-order valence-electron chi connectivity index (χ0n) is 16.8. The third-order valence-corrected chi connectivity index (χ3v) is 7.08. The molecule has 0 bridgehead atoms. The first-order valence-corrected chi connectivity index (χ1v) is 10.8. The van der Waals surface area contributed by atoms with Gasteiger partial charge >= 0.3 is 6.61 Å². The average Bonchev–Trinajstić information content (AvgIpc) is 2.68. The highest BCUT2D eigenvalue weighted by Crippen LogP contribution is 2.48. The monoisotopic (exact) mass is 408 g/mol. The van der Waals surface area contributed by atoms with Crippen molar-refractivity contribution in [1.82, 2.24) is 0 Å². The summed E-state index contributed by atoms with van der Waals surface area (Å²) in [7, 11) is 0. The second kappa shape index (κ2) is 8.53. The molecule has 2 aromatic carbocycles. The molecule has 2 aliphatic rings. The fourth-order valence-corrected chi connectivity index (χ4v) is 5.72. The molecule has 0 heterocycles. The predicted molar refractivity (Wildman–Crippen MR) is 106 cm³/mol. The molecule has 0 saturated heterocycles. The van der Waals surface area contributed by atoms with Crippen LogP contribution < -0.4 is 4.74 Å². The van der Waals surface area contributed by atoms with Crippen molar-refractivity contribution in [2.24, 2.45) is 17.8 Å². The van der Waals surface area contributed by atoms with Gasteiger partial charge in [0.2, 0.25) is 0 Å². The Bertz CT molecular complexity index is 866. The first-order chi connectivity index (χ1) is 13.9. The van der Waals surface area contributed by atoms with Crippen molar-refractivity contribution in [2.45, 2.75) is 70.8 Å². The quantitative estimate of drug-likeness (QED) is 0.458. The summed E-state index contributed by atoms with van der Waals surface area (Å²) in [6.45, 7) is -0.894. The van der Waals surface area contributed by atoms with E-state index >= 15 is 0 Å². The Morgan fingerprint density at radius 2 is 1.69 bits per heavy atom. The number of alkyl halides is 2. The van der Waals surface area contributed by atoms with Gasteiger partial charge in [-0.3, -0.25) is 0 Å². The molecule has 2 saturated carbocycles. The summed E-state index contributed by atoms with van der Waals surface area (Å²) < 4.78 is 57.9. The number of rotatable bonds is 5. The number of ether oxygens (including phenoxy) is 1. The molecule has 4 unspecified atom stereocenters. The van der Waals surface area contributed by atoms with Crippen molar-refractivity contribution in [1.29, 1.82) is 0 Å². The molecule has 2 fully saturated rings. The second-order valence-electron chi connectivity index (χ2n) is 8.88. The molecule has 158 valence electrons. The largest absolute Gasteiger partial charge is 0.432 e. The Morgan fingerprint density at radius 3 is 2.45 bits per heavy atom. The predicted octanol–water partition coefficient (Wildman–Crippen LogP) is 7.82. The van der Waals surface area contributed by atoms with E-state index in [9.17, 15) is 17.6 Å². The second-order valence-corrected chi connectivity index (χ2v) is 8.88. The van der Waals surface area contributed by atoms with Crippen molar-refractivity contribution >= 4 is 10.8 Å². The molecule has 0 aliphatic heterocycles. The molecule has 2 aliphatic carbocycles. The molecule has 1 nitrogen and oxygen atoms in total. The van der Waals surface area contributed by atoms with Gasteiger partial charge in [-0.1, -0.05) is 32.3 Å². The van der Waals surface area contributed by atoms with E-state index in [4.69, 9.17) is 0 Å². The highest BCUT2D eigenvalue weighted by atomic mass is 19.3. The summed E-state index contributed by atoms with van der Waals surface area (Å²) in [4.78, 5) is 0. The molecule has 4 rings (SSSR count). The summed E-state index contributed by atoms with van der Waals surface area (Å²) in [5.41, 5.74) is 0.894. The molecule has 29 heavy (non-hydrogen) atoms. The molecular formula is C24H28F4O. The summed E-state index contributed by atoms with van der Waals surface area (Å²) >= 11 is 0. The Labute approximate surface area is 169 Å². The number of halogens is 4. The van der Waals surface area contributed by atoms with Crippen LogP contribution in [0, 0.1) is 29.4 Å². The molecule has 4 atom stereocenters. The van der Waals surface area contributed by atoms with Crippen LogP contribution in [0.5, 0.6) is 5.75 Å². The fourth-order valence-electron chi connectivity index (χ4n) is 5.72. The van der Waals surface area contributed by atoms with E-state index in [0.29, 0.717) is 11.3 Å². The van der Waals surface area contributed by atoms with Crippen LogP contribution >= 0.6 is 0 Å². The van der Waals surface area contributed by atoms with Crippen LogP contribution in [0.3, 0.4) is 0 Å². The Hall–Kier alpha value is -1.78. The summed E-state index contributed by atoms with van der Waals surface area (Å²) in [5, 5.41) is 0.507. The van der Waals surface area contributed by atoms with E-state index in [0.717, 1.165) is 42.4 Å². The van der Waals surface area contributed by atoms with Gasteiger partial charge in [-0.15, -0.1) is 0 Å². The minimum Gasteiger partial charge on any atom is -0.432 e. The van der Waals surface area contributed by atoms with Crippen LogP contribution in [0.15, 0.2) is 24.3 Å². The number of benzene rings is 2. The van der Waals surface area contributed by atoms with Gasteiger partial charge in [0.1, 0.15) is 5.82 Å². The third-order valence-electron chi connectivity index (χ3n) is 7.08. The molecule has 5 heteroatoms. The fraction of sp³-hybridized carbons (Fsp3) is 0.583. The minimum atomic E-state index is -3.15. The van der Waals surface area contributed by atoms with Crippen molar-refractivity contribution in [3.63, 3.8) is 0 Å². The van der Waals surface area contributed by atoms with Crippen LogP contribution in [0.2, 0.25) is 0 Å². The maximum Gasteiger partial charge on any atom is 0.387 e. The molecule has 0 radical (unpaired) electrons. The lowest BCUT2D eigenvalue weighted by Gasteiger charge is -2.42. The molecule has 0 spiro atoms. The highest BCUT2D eigenvalue weighted by molar-refractivity contribution is 5.85. The zero-order valence-corrected chi connectivity index (χ0v) is 16.8. The van der Waals surface area contributed by atoms with Crippen LogP contribution in [0.4, 0.5) is 17.6 Å². The summed E-state index contributed by atoms with van der Waals surface area (Å²) in [6.07, 6.45) is 9.72. The molecule has 0 amide bonds. The van der Waals surface area contributed by atoms with Gasteiger partial charge in [-0.05, 0) is 84.9 Å². The minimum absolute atomic E-state index is 0.111. The van der Waals surface area contributed by atoms with Crippen molar-refractivity contribution in [2.75, 3.05) is 0 Å². The summed E-state index contributed by atoms with van der Waals surface area (Å²) in [6, 6.07) is 5.45. The van der Waals surface area contributed by atoms with E-state index in [-0.39, 0.29) is 11.3 Å². The SMILES string of the molecule is CCCC1CCC2CC(c3cc(F)c4cc(OC(F)F)c(F)cc4c3)CCC2C1. The maximum absolute atomic E-state index is 14.8. The number of hydrogen-bond acceptors (Lipinski definition) is 1.